The Morgan fingerprint density at radius 2 is 2.00 bits per heavy atom. The monoisotopic (exact) mass is 447 g/mol. The van der Waals surface area contributed by atoms with Crippen LogP contribution in [0.25, 0.3) is 0 Å². The van der Waals surface area contributed by atoms with Crippen LogP contribution < -0.4 is 0 Å². The second kappa shape index (κ2) is 14.4. The van der Waals surface area contributed by atoms with Gasteiger partial charge >= 0.3 is 5.97 Å². The number of hydrogen-bond acceptors (Lipinski definition) is 4. The summed E-state index contributed by atoms with van der Waals surface area (Å²) in [6.07, 6.45) is 15.0. The maximum atomic E-state index is 10.4. The van der Waals surface area contributed by atoms with E-state index in [1.807, 2.05) is 19.9 Å². The van der Waals surface area contributed by atoms with Crippen molar-refractivity contribution < 1.29 is 15.0 Å². The van der Waals surface area contributed by atoms with Crippen LogP contribution in [0.3, 0.4) is 0 Å². The first-order valence-corrected chi connectivity index (χ1v) is 12.8. The zero-order chi connectivity index (χ0) is 23.3. The molecule has 3 rings (SSSR count). The van der Waals surface area contributed by atoms with Gasteiger partial charge in [-0.1, -0.05) is 59.1 Å². The van der Waals surface area contributed by atoms with E-state index in [1.54, 1.807) is 6.07 Å². The number of carbonyl (C=O) groups is 1. The number of allylic oxidation sites excluding steroid dienone is 1. The van der Waals surface area contributed by atoms with Gasteiger partial charge in [0.05, 0.1) is 18.1 Å². The number of hydrogen-bond donors (Lipinski definition) is 2. The molecule has 0 aliphatic heterocycles. The summed E-state index contributed by atoms with van der Waals surface area (Å²) in [5.41, 5.74) is 0.203. The second-order valence-electron chi connectivity index (χ2n) is 8.40. The van der Waals surface area contributed by atoms with Crippen LogP contribution in [0, 0.1) is 28.6 Å². The summed E-state index contributed by atoms with van der Waals surface area (Å²) in [6.45, 7) is 8.27. The van der Waals surface area contributed by atoms with E-state index in [0.717, 1.165) is 43.4 Å². The maximum absolute atomic E-state index is 10.4. The first-order chi connectivity index (χ1) is 15.0. The highest BCUT2D eigenvalue weighted by Gasteiger charge is 2.41. The lowest BCUT2D eigenvalue weighted by molar-refractivity contribution is -0.0355. The van der Waals surface area contributed by atoms with Crippen LogP contribution in [0.2, 0.25) is 0 Å². The van der Waals surface area contributed by atoms with Gasteiger partial charge < -0.3 is 10.2 Å². The zero-order valence-corrected chi connectivity index (χ0v) is 20.6. The molecule has 31 heavy (non-hydrogen) atoms. The summed E-state index contributed by atoms with van der Waals surface area (Å²) in [4.78, 5) is 12.0. The minimum atomic E-state index is -0.822. The van der Waals surface area contributed by atoms with Crippen molar-refractivity contribution >= 4 is 17.3 Å². The van der Waals surface area contributed by atoms with Gasteiger partial charge in [-0.05, 0) is 68.4 Å². The molecule has 2 saturated carbocycles. The average molecular weight is 448 g/mol. The van der Waals surface area contributed by atoms with Crippen molar-refractivity contribution in [3.8, 4) is 6.07 Å². The maximum Gasteiger partial charge on any atom is 0.345 e. The lowest BCUT2D eigenvalue weighted by Crippen LogP contribution is -2.40. The third-order valence-electron chi connectivity index (χ3n) is 6.61. The Kier molecular flexibility index (Phi) is 12.7. The Morgan fingerprint density at radius 1 is 1.29 bits per heavy atom. The fourth-order valence-electron chi connectivity index (χ4n) is 4.44. The van der Waals surface area contributed by atoms with E-state index >= 15 is 0 Å². The first-order valence-electron chi connectivity index (χ1n) is 12.0. The van der Waals surface area contributed by atoms with Crippen molar-refractivity contribution in [3.63, 3.8) is 0 Å². The molecule has 0 aromatic carbocycles. The molecule has 0 radical (unpaired) electrons. The first kappa shape index (κ1) is 27.4. The smallest absolute Gasteiger partial charge is 0.345 e. The van der Waals surface area contributed by atoms with Crippen LogP contribution in [0.15, 0.2) is 24.3 Å². The van der Waals surface area contributed by atoms with Gasteiger partial charge in [-0.3, -0.25) is 0 Å². The van der Waals surface area contributed by atoms with Crippen LogP contribution in [-0.4, -0.2) is 22.3 Å². The second-order valence-corrected chi connectivity index (χ2v) is 9.57. The number of carboxylic acids is 1. The number of aromatic carboxylic acids is 1. The van der Waals surface area contributed by atoms with Gasteiger partial charge in [0.2, 0.25) is 0 Å². The minimum Gasteiger partial charge on any atom is -0.477 e. The topological polar surface area (TPSA) is 81.3 Å². The third kappa shape index (κ3) is 8.09. The molecule has 5 heteroatoms. The summed E-state index contributed by atoms with van der Waals surface area (Å²) < 4.78 is 0. The highest BCUT2D eigenvalue weighted by Crippen LogP contribution is 2.47. The minimum absolute atomic E-state index is 0.186. The summed E-state index contributed by atoms with van der Waals surface area (Å²) in [7, 11) is 0. The number of thiophene rings is 1. The van der Waals surface area contributed by atoms with Gasteiger partial charge in [-0.2, -0.15) is 5.26 Å². The summed E-state index contributed by atoms with van der Waals surface area (Å²) >= 11 is 1.37. The molecule has 0 spiro atoms. The number of aryl methyl sites for hydroxylation is 1. The fraction of sp³-hybridized carbons (Fsp3) is 0.692. The quantitative estimate of drug-likeness (QED) is 0.412. The summed E-state index contributed by atoms with van der Waals surface area (Å²) in [5, 5.41) is 27.9. The normalized spacial score (nSPS) is 22.3. The van der Waals surface area contributed by atoms with Crippen LogP contribution in [0.5, 0.6) is 0 Å². The molecule has 2 aliphatic carbocycles. The van der Waals surface area contributed by atoms with Crippen LogP contribution in [0.1, 0.15) is 100 Å². The van der Waals surface area contributed by atoms with E-state index in [4.69, 9.17) is 10.4 Å². The SMILES string of the molecule is CC.CCC1(C(O)C/C=C/[C@@H]2CCC[C@@H]2C#N)CCC1.CCCc1ccc(C(=O)O)s1. The van der Waals surface area contributed by atoms with Gasteiger partial charge in [0.1, 0.15) is 4.88 Å². The van der Waals surface area contributed by atoms with Gasteiger partial charge in [-0.25, -0.2) is 4.79 Å². The molecule has 0 bridgehead atoms. The highest BCUT2D eigenvalue weighted by molar-refractivity contribution is 7.13. The van der Waals surface area contributed by atoms with Gasteiger partial charge in [-0.15, -0.1) is 11.3 Å². The molecule has 2 fully saturated rings. The standard InChI is InChI=1S/C16H25NO.C8H10O2S.C2H6/c1-2-16(10-5-11-16)15(18)9-4-7-13-6-3-8-14(13)12-17;1-2-3-6-4-5-7(11-6)8(9)10;1-2/h4,7,13-15,18H,2-3,5-6,8-11H2,1H3;4-5H,2-3H2,1H3,(H,9,10);1-2H3/b7-4+;;/t13-,14+,15?;;/m0../s1. The third-order valence-corrected chi connectivity index (χ3v) is 7.74. The molecule has 2 aliphatic rings. The van der Waals surface area contributed by atoms with Crippen LogP contribution in [-0.2, 0) is 6.42 Å². The Balaban J connectivity index is 0.000000317. The Hall–Kier alpha value is -1.64. The Labute approximate surface area is 193 Å². The largest absolute Gasteiger partial charge is 0.477 e. The van der Waals surface area contributed by atoms with Crippen LogP contribution >= 0.6 is 11.3 Å². The van der Waals surface area contributed by atoms with Crippen molar-refractivity contribution in [2.75, 3.05) is 0 Å². The number of carboxylic acid groups (broad SMARTS) is 1. The molecular formula is C26H41NO3S. The molecule has 1 heterocycles. The van der Waals surface area contributed by atoms with E-state index in [2.05, 4.69) is 32.1 Å². The molecule has 3 atom stereocenters. The number of nitriles is 1. The lowest BCUT2D eigenvalue weighted by atomic mass is 9.63. The molecule has 0 amide bonds. The highest BCUT2D eigenvalue weighted by atomic mass is 32.1. The molecule has 0 saturated heterocycles. The van der Waals surface area contributed by atoms with Crippen molar-refractivity contribution in [2.45, 2.75) is 98.0 Å². The van der Waals surface area contributed by atoms with Crippen molar-refractivity contribution in [2.24, 2.45) is 17.3 Å². The van der Waals surface area contributed by atoms with E-state index in [-0.39, 0.29) is 17.4 Å². The van der Waals surface area contributed by atoms with E-state index in [1.165, 1.54) is 37.0 Å². The Bertz CT molecular complexity index is 709. The van der Waals surface area contributed by atoms with Crippen molar-refractivity contribution in [1.29, 1.82) is 5.26 Å². The molecule has 1 aromatic rings. The fourth-order valence-corrected chi connectivity index (χ4v) is 5.39. The number of rotatable bonds is 8. The predicted molar refractivity (Wildman–Crippen MR) is 129 cm³/mol. The predicted octanol–water partition coefficient (Wildman–Crippen LogP) is 7.24. The van der Waals surface area contributed by atoms with E-state index in [9.17, 15) is 9.90 Å². The van der Waals surface area contributed by atoms with E-state index in [0.29, 0.717) is 10.8 Å². The molecule has 4 nitrogen and oxygen atoms in total. The number of aliphatic hydroxyl groups excluding tert-OH is 1. The molecular weight excluding hydrogens is 406 g/mol. The van der Waals surface area contributed by atoms with Gasteiger partial charge in [0.15, 0.2) is 0 Å². The summed E-state index contributed by atoms with van der Waals surface area (Å²) in [5.74, 6) is -0.180. The molecule has 1 aromatic heterocycles. The molecule has 174 valence electrons. The van der Waals surface area contributed by atoms with E-state index < -0.39 is 5.97 Å². The molecule has 2 N–H and O–H groups in total. The molecule has 1 unspecified atom stereocenters. The van der Waals surface area contributed by atoms with Gasteiger partial charge in [0, 0.05) is 4.88 Å². The van der Waals surface area contributed by atoms with Crippen molar-refractivity contribution in [3.05, 3.63) is 34.0 Å². The summed E-state index contributed by atoms with van der Waals surface area (Å²) in [6, 6.07) is 5.95. The van der Waals surface area contributed by atoms with Crippen molar-refractivity contribution in [1.82, 2.24) is 0 Å². The number of nitrogens with zero attached hydrogens (tertiary/aromatic N) is 1. The number of aliphatic hydroxyl groups is 1. The lowest BCUT2D eigenvalue weighted by Gasteiger charge is -2.45. The van der Waals surface area contributed by atoms with Gasteiger partial charge in [0.25, 0.3) is 0 Å². The average Bonchev–Trinajstić information content (AvgIpc) is 3.39. The zero-order valence-electron chi connectivity index (χ0n) is 19.8. The van der Waals surface area contributed by atoms with Crippen LogP contribution in [0.4, 0.5) is 0 Å². The Morgan fingerprint density at radius 3 is 2.48 bits per heavy atom.